The number of halogens is 3. The Kier molecular flexibility index (Phi) is 2.68. The monoisotopic (exact) mass is 331 g/mol. The standard InChI is InChI=1S/C15H16F3NO2S/c16-15(17,18)22(20,21)12-3-1-10(2-4-12)13-7-14(8-13,9-13)11-5-19-6-11/h1-4,11,19H,5-9H2. The van der Waals surface area contributed by atoms with Crippen LogP contribution in [-0.4, -0.2) is 27.0 Å². The number of sulfone groups is 1. The number of nitrogens with one attached hydrogen (secondary N) is 1. The minimum Gasteiger partial charge on any atom is -0.316 e. The summed E-state index contributed by atoms with van der Waals surface area (Å²) < 4.78 is 60.3. The average molecular weight is 331 g/mol. The van der Waals surface area contributed by atoms with Gasteiger partial charge >= 0.3 is 5.51 Å². The fourth-order valence-corrected chi connectivity index (χ4v) is 5.21. The molecule has 3 nitrogen and oxygen atoms in total. The van der Waals surface area contributed by atoms with Crippen molar-refractivity contribution in [1.82, 2.24) is 5.32 Å². The fourth-order valence-electron chi connectivity index (χ4n) is 4.45. The van der Waals surface area contributed by atoms with Crippen molar-refractivity contribution in [2.75, 3.05) is 13.1 Å². The van der Waals surface area contributed by atoms with E-state index in [-0.39, 0.29) is 5.41 Å². The second-order valence-corrected chi connectivity index (χ2v) is 8.94. The van der Waals surface area contributed by atoms with Crippen LogP contribution < -0.4 is 5.32 Å². The molecule has 0 aromatic heterocycles. The fraction of sp³-hybridized carbons (Fsp3) is 0.600. The normalized spacial score (nSPS) is 34.5. The van der Waals surface area contributed by atoms with Gasteiger partial charge in [0.1, 0.15) is 0 Å². The van der Waals surface area contributed by atoms with Gasteiger partial charge in [-0.05, 0) is 66.8 Å². The van der Waals surface area contributed by atoms with E-state index in [2.05, 4.69) is 5.32 Å². The molecule has 0 atom stereocenters. The van der Waals surface area contributed by atoms with Crippen molar-refractivity contribution >= 4 is 9.84 Å². The molecule has 1 N–H and O–H groups in total. The summed E-state index contributed by atoms with van der Waals surface area (Å²) in [6.07, 6.45) is 3.24. The maximum absolute atomic E-state index is 12.5. The van der Waals surface area contributed by atoms with Crippen LogP contribution in [0.15, 0.2) is 29.2 Å². The van der Waals surface area contributed by atoms with Crippen LogP contribution in [0.25, 0.3) is 0 Å². The summed E-state index contributed by atoms with van der Waals surface area (Å²) in [7, 11) is -5.24. The van der Waals surface area contributed by atoms with Gasteiger partial charge in [0, 0.05) is 0 Å². The van der Waals surface area contributed by atoms with E-state index in [0.29, 0.717) is 5.41 Å². The molecule has 120 valence electrons. The van der Waals surface area contributed by atoms with E-state index < -0.39 is 20.2 Å². The largest absolute Gasteiger partial charge is 0.501 e. The topological polar surface area (TPSA) is 46.2 Å². The van der Waals surface area contributed by atoms with E-state index in [0.717, 1.165) is 56.0 Å². The lowest BCUT2D eigenvalue weighted by molar-refractivity contribution is -0.191. The molecule has 22 heavy (non-hydrogen) atoms. The van der Waals surface area contributed by atoms with Crippen molar-refractivity contribution in [3.05, 3.63) is 29.8 Å². The molecule has 3 aliphatic carbocycles. The molecule has 7 heteroatoms. The number of alkyl halides is 3. The first-order valence-electron chi connectivity index (χ1n) is 7.31. The Bertz CT molecular complexity index is 700. The predicted molar refractivity (Wildman–Crippen MR) is 74.0 cm³/mol. The van der Waals surface area contributed by atoms with Crippen molar-refractivity contribution in [1.29, 1.82) is 0 Å². The summed E-state index contributed by atoms with van der Waals surface area (Å²) in [5.74, 6) is 0.735. The summed E-state index contributed by atoms with van der Waals surface area (Å²) >= 11 is 0. The van der Waals surface area contributed by atoms with Crippen LogP contribution in [0.3, 0.4) is 0 Å². The highest BCUT2D eigenvalue weighted by molar-refractivity contribution is 7.92. The van der Waals surface area contributed by atoms with E-state index in [1.807, 2.05) is 0 Å². The third kappa shape index (κ3) is 1.69. The van der Waals surface area contributed by atoms with Crippen LogP contribution in [0.4, 0.5) is 13.2 Å². The first-order chi connectivity index (χ1) is 10.2. The minimum absolute atomic E-state index is 0.0795. The highest BCUT2D eigenvalue weighted by Gasteiger charge is 2.71. The van der Waals surface area contributed by atoms with Gasteiger partial charge in [0.05, 0.1) is 4.90 Å². The van der Waals surface area contributed by atoms with Crippen LogP contribution in [0, 0.1) is 11.3 Å². The second kappa shape index (κ2) is 4.06. The highest BCUT2D eigenvalue weighted by Crippen LogP contribution is 2.76. The summed E-state index contributed by atoms with van der Waals surface area (Å²) in [6, 6.07) is 5.30. The molecule has 0 spiro atoms. The molecule has 3 saturated carbocycles. The second-order valence-electron chi connectivity index (χ2n) is 7.00. The minimum atomic E-state index is -5.24. The smallest absolute Gasteiger partial charge is 0.316 e. The SMILES string of the molecule is O=S(=O)(c1ccc(C23CC(C4CNC4)(C2)C3)cc1)C(F)(F)F. The lowest BCUT2D eigenvalue weighted by atomic mass is 9.30. The van der Waals surface area contributed by atoms with Gasteiger partial charge in [-0.2, -0.15) is 13.2 Å². The van der Waals surface area contributed by atoms with E-state index in [1.165, 1.54) is 0 Å². The molecule has 1 heterocycles. The summed E-state index contributed by atoms with van der Waals surface area (Å²) in [6.45, 7) is 2.14. The van der Waals surface area contributed by atoms with Gasteiger partial charge < -0.3 is 5.32 Å². The molecule has 1 aromatic carbocycles. The molecule has 4 aliphatic rings. The molecular weight excluding hydrogens is 315 g/mol. The third-order valence-corrected chi connectivity index (χ3v) is 7.30. The van der Waals surface area contributed by atoms with Crippen molar-refractivity contribution in [3.63, 3.8) is 0 Å². The van der Waals surface area contributed by atoms with Crippen LogP contribution in [0.1, 0.15) is 24.8 Å². The average Bonchev–Trinajstić information content (AvgIpc) is 2.28. The Balaban J connectivity index is 1.53. The molecule has 1 aliphatic heterocycles. The molecule has 0 radical (unpaired) electrons. The van der Waals surface area contributed by atoms with Crippen molar-refractivity contribution in [2.45, 2.75) is 35.1 Å². The number of hydrogen-bond acceptors (Lipinski definition) is 3. The highest BCUT2D eigenvalue weighted by atomic mass is 32.2. The molecule has 2 bridgehead atoms. The maximum Gasteiger partial charge on any atom is 0.501 e. The zero-order chi connectivity index (χ0) is 15.8. The Hall–Kier alpha value is -1.08. The summed E-state index contributed by atoms with van der Waals surface area (Å²) in [5, 5.41) is 3.28. The Morgan fingerprint density at radius 2 is 1.59 bits per heavy atom. The molecule has 1 aromatic rings. The molecule has 0 amide bonds. The zero-order valence-corrected chi connectivity index (χ0v) is 12.6. The molecule has 5 rings (SSSR count). The van der Waals surface area contributed by atoms with E-state index in [1.54, 1.807) is 12.1 Å². The van der Waals surface area contributed by atoms with Gasteiger partial charge in [0.15, 0.2) is 0 Å². The summed E-state index contributed by atoms with van der Waals surface area (Å²) in [5.41, 5.74) is -3.76. The quantitative estimate of drug-likeness (QED) is 0.926. The van der Waals surface area contributed by atoms with E-state index in [9.17, 15) is 21.6 Å². The van der Waals surface area contributed by atoms with Crippen molar-refractivity contribution in [3.8, 4) is 0 Å². The Morgan fingerprint density at radius 3 is 2.00 bits per heavy atom. The van der Waals surface area contributed by atoms with Crippen LogP contribution in [0.5, 0.6) is 0 Å². The van der Waals surface area contributed by atoms with E-state index in [4.69, 9.17) is 0 Å². The Morgan fingerprint density at radius 1 is 1.05 bits per heavy atom. The van der Waals surface area contributed by atoms with Gasteiger partial charge in [0.2, 0.25) is 0 Å². The Labute approximate surface area is 126 Å². The van der Waals surface area contributed by atoms with Gasteiger partial charge in [-0.3, -0.25) is 0 Å². The van der Waals surface area contributed by atoms with Gasteiger partial charge in [-0.1, -0.05) is 12.1 Å². The molecule has 4 fully saturated rings. The van der Waals surface area contributed by atoms with Crippen LogP contribution in [0.2, 0.25) is 0 Å². The van der Waals surface area contributed by atoms with Crippen LogP contribution >= 0.6 is 0 Å². The van der Waals surface area contributed by atoms with Gasteiger partial charge in [-0.15, -0.1) is 0 Å². The van der Waals surface area contributed by atoms with Crippen LogP contribution in [-0.2, 0) is 15.3 Å². The summed E-state index contributed by atoms with van der Waals surface area (Å²) in [4.78, 5) is -0.673. The van der Waals surface area contributed by atoms with Gasteiger partial charge in [-0.25, -0.2) is 8.42 Å². The first kappa shape index (κ1) is 14.5. The van der Waals surface area contributed by atoms with Gasteiger partial charge in [0.25, 0.3) is 9.84 Å². The van der Waals surface area contributed by atoms with Crippen molar-refractivity contribution in [2.24, 2.45) is 11.3 Å². The maximum atomic E-state index is 12.5. The molecule has 0 unspecified atom stereocenters. The lowest BCUT2D eigenvalue weighted by Gasteiger charge is -2.75. The predicted octanol–water partition coefficient (Wildman–Crippen LogP) is 2.62. The first-order valence-corrected chi connectivity index (χ1v) is 8.80. The third-order valence-electron chi connectivity index (χ3n) is 5.80. The zero-order valence-electron chi connectivity index (χ0n) is 11.8. The number of hydrogen-bond donors (Lipinski definition) is 1. The van der Waals surface area contributed by atoms with E-state index >= 15 is 0 Å². The molecule has 1 saturated heterocycles. The number of benzene rings is 1. The lowest BCUT2D eigenvalue weighted by Crippen LogP contribution is -2.72. The van der Waals surface area contributed by atoms with Crippen molar-refractivity contribution < 1.29 is 21.6 Å². The molecular formula is C15H16F3NO2S. The number of rotatable bonds is 3.